The second kappa shape index (κ2) is 7.98. The Balaban J connectivity index is 1.63. The summed E-state index contributed by atoms with van der Waals surface area (Å²) < 4.78 is 39.8. The zero-order valence-corrected chi connectivity index (χ0v) is 15.2. The van der Waals surface area contributed by atoms with Gasteiger partial charge in [0.2, 0.25) is 10.0 Å². The van der Waals surface area contributed by atoms with Crippen LogP contribution in [0.2, 0.25) is 0 Å². The molecule has 0 bridgehead atoms. The summed E-state index contributed by atoms with van der Waals surface area (Å²) in [6.45, 7) is -0.446. The lowest BCUT2D eigenvalue weighted by molar-refractivity contribution is -0.119. The second-order valence-corrected chi connectivity index (χ2v) is 8.37. The van der Waals surface area contributed by atoms with Crippen LogP contribution in [0.1, 0.15) is 12.0 Å². The molecule has 1 aliphatic heterocycles. The normalized spacial score (nSPS) is 15.5. The summed E-state index contributed by atoms with van der Waals surface area (Å²) in [5, 5.41) is 4.04. The van der Waals surface area contributed by atoms with E-state index in [1.807, 2.05) is 0 Å². The van der Waals surface area contributed by atoms with Crippen LogP contribution in [0.15, 0.2) is 63.4 Å². The van der Waals surface area contributed by atoms with Crippen molar-refractivity contribution in [3.8, 4) is 0 Å². The first kappa shape index (κ1) is 18.6. The van der Waals surface area contributed by atoms with Crippen molar-refractivity contribution >= 4 is 33.4 Å². The molecule has 1 aliphatic rings. The van der Waals surface area contributed by atoms with Gasteiger partial charge in [0.1, 0.15) is 5.82 Å². The smallest absolute Gasteiger partial charge is 0.255 e. The molecule has 0 spiro atoms. The number of thioether (sulfide) groups is 1. The third-order valence-electron chi connectivity index (χ3n) is 3.64. The number of halogens is 1. The van der Waals surface area contributed by atoms with E-state index in [1.165, 1.54) is 24.3 Å². The fourth-order valence-corrected chi connectivity index (χ4v) is 4.39. The molecule has 9 heteroatoms. The quantitative estimate of drug-likeness (QED) is 0.762. The number of rotatable bonds is 5. The highest BCUT2D eigenvalue weighted by Crippen LogP contribution is 2.30. The first-order valence-electron chi connectivity index (χ1n) is 7.78. The standard InChI is InChI=1S/C17H16FN3O3S2/c18-12-6-7-16-14(10-12)15(8-9-25-16)20-21-17(22)11-19-26(23,24)13-4-2-1-3-5-13/h1-7,10,19H,8-9,11H2,(H,21,22)/b20-15-. The van der Waals surface area contributed by atoms with Gasteiger partial charge in [-0.25, -0.2) is 23.0 Å². The Bertz CT molecular complexity index is 947. The SMILES string of the molecule is O=C(CNS(=O)(=O)c1ccccc1)N/N=C1/CCSc2ccc(F)cc21. The van der Waals surface area contributed by atoms with Crippen LogP contribution in [0.25, 0.3) is 0 Å². The Kier molecular flexibility index (Phi) is 5.70. The summed E-state index contributed by atoms with van der Waals surface area (Å²) in [5.74, 6) is -0.206. The predicted octanol–water partition coefficient (Wildman–Crippen LogP) is 2.12. The van der Waals surface area contributed by atoms with E-state index in [0.717, 1.165) is 10.6 Å². The number of hydrazone groups is 1. The number of fused-ring (bicyclic) bond motifs is 1. The molecule has 0 radical (unpaired) electrons. The molecule has 26 heavy (non-hydrogen) atoms. The van der Waals surface area contributed by atoms with Crippen molar-refractivity contribution in [1.82, 2.24) is 10.1 Å². The monoisotopic (exact) mass is 393 g/mol. The Morgan fingerprint density at radius 1 is 1.19 bits per heavy atom. The molecule has 2 N–H and O–H groups in total. The molecular formula is C17H16FN3O3S2. The first-order chi connectivity index (χ1) is 12.5. The summed E-state index contributed by atoms with van der Waals surface area (Å²) in [6, 6.07) is 12.2. The molecular weight excluding hydrogens is 377 g/mol. The van der Waals surface area contributed by atoms with Gasteiger partial charge in [0, 0.05) is 22.6 Å². The average molecular weight is 393 g/mol. The van der Waals surface area contributed by atoms with Crippen LogP contribution in [0.5, 0.6) is 0 Å². The number of amides is 1. The molecule has 136 valence electrons. The minimum absolute atomic E-state index is 0.0767. The van der Waals surface area contributed by atoms with Crippen molar-refractivity contribution in [2.45, 2.75) is 16.2 Å². The largest absolute Gasteiger partial charge is 0.272 e. The molecule has 0 atom stereocenters. The van der Waals surface area contributed by atoms with Gasteiger partial charge in [0.15, 0.2) is 0 Å². The Morgan fingerprint density at radius 3 is 2.73 bits per heavy atom. The van der Waals surface area contributed by atoms with Gasteiger partial charge < -0.3 is 0 Å². The number of carbonyl (C=O) groups is 1. The maximum absolute atomic E-state index is 13.5. The Morgan fingerprint density at radius 2 is 1.96 bits per heavy atom. The summed E-state index contributed by atoms with van der Waals surface area (Å²) in [5.41, 5.74) is 3.54. The van der Waals surface area contributed by atoms with Crippen LogP contribution >= 0.6 is 11.8 Å². The lowest BCUT2D eigenvalue weighted by Gasteiger charge is -2.17. The molecule has 0 aromatic heterocycles. The first-order valence-corrected chi connectivity index (χ1v) is 10.3. The van der Waals surface area contributed by atoms with E-state index in [-0.39, 0.29) is 10.7 Å². The third kappa shape index (κ3) is 4.48. The van der Waals surface area contributed by atoms with E-state index in [1.54, 1.807) is 36.0 Å². The highest BCUT2D eigenvalue weighted by atomic mass is 32.2. The van der Waals surface area contributed by atoms with E-state index in [0.29, 0.717) is 17.7 Å². The molecule has 1 heterocycles. The van der Waals surface area contributed by atoms with Gasteiger partial charge in [-0.15, -0.1) is 11.8 Å². The highest BCUT2D eigenvalue weighted by Gasteiger charge is 2.18. The summed E-state index contributed by atoms with van der Waals surface area (Å²) in [7, 11) is -3.77. The van der Waals surface area contributed by atoms with E-state index in [9.17, 15) is 17.6 Å². The van der Waals surface area contributed by atoms with Crippen LogP contribution in [-0.2, 0) is 14.8 Å². The number of sulfonamides is 1. The molecule has 6 nitrogen and oxygen atoms in total. The molecule has 1 amide bonds. The molecule has 0 saturated carbocycles. The number of nitrogens with one attached hydrogen (secondary N) is 2. The minimum Gasteiger partial charge on any atom is -0.272 e. The number of benzene rings is 2. The maximum Gasteiger partial charge on any atom is 0.255 e. The zero-order chi connectivity index (χ0) is 18.6. The van der Waals surface area contributed by atoms with Gasteiger partial charge in [-0.3, -0.25) is 4.79 Å². The van der Waals surface area contributed by atoms with Crippen LogP contribution in [0.3, 0.4) is 0 Å². The van der Waals surface area contributed by atoms with E-state index >= 15 is 0 Å². The van der Waals surface area contributed by atoms with E-state index in [4.69, 9.17) is 0 Å². The number of hydrogen-bond acceptors (Lipinski definition) is 5. The zero-order valence-electron chi connectivity index (χ0n) is 13.6. The Labute approximate surface area is 154 Å². The lowest BCUT2D eigenvalue weighted by Crippen LogP contribution is -2.35. The summed E-state index contributed by atoms with van der Waals surface area (Å²) in [6.07, 6.45) is 0.580. The van der Waals surface area contributed by atoms with Crippen molar-refractivity contribution in [3.63, 3.8) is 0 Å². The molecule has 0 unspecified atom stereocenters. The fourth-order valence-electron chi connectivity index (χ4n) is 2.37. The average Bonchev–Trinajstić information content (AvgIpc) is 2.65. The predicted molar refractivity (Wildman–Crippen MR) is 98.1 cm³/mol. The van der Waals surface area contributed by atoms with Crippen molar-refractivity contribution in [1.29, 1.82) is 0 Å². The summed E-state index contributed by atoms with van der Waals surface area (Å²) in [4.78, 5) is 12.9. The van der Waals surface area contributed by atoms with Gasteiger partial charge in [-0.05, 0) is 30.3 Å². The number of hydrogen-bond donors (Lipinski definition) is 2. The Hall–Kier alpha value is -2.23. The van der Waals surface area contributed by atoms with Crippen molar-refractivity contribution in [2.24, 2.45) is 5.10 Å². The highest BCUT2D eigenvalue weighted by molar-refractivity contribution is 7.99. The lowest BCUT2D eigenvalue weighted by atomic mass is 10.1. The van der Waals surface area contributed by atoms with E-state index < -0.39 is 22.5 Å². The van der Waals surface area contributed by atoms with Gasteiger partial charge in [0.05, 0.1) is 17.2 Å². The number of nitrogens with zero attached hydrogens (tertiary/aromatic N) is 1. The molecule has 0 saturated heterocycles. The topological polar surface area (TPSA) is 87.6 Å². The molecule has 0 fully saturated rings. The minimum atomic E-state index is -3.77. The second-order valence-electron chi connectivity index (χ2n) is 5.47. The van der Waals surface area contributed by atoms with Crippen molar-refractivity contribution in [3.05, 3.63) is 59.9 Å². The van der Waals surface area contributed by atoms with E-state index in [2.05, 4.69) is 15.2 Å². The molecule has 2 aromatic rings. The van der Waals surface area contributed by atoms with Crippen LogP contribution < -0.4 is 10.1 Å². The van der Waals surface area contributed by atoms with Crippen LogP contribution in [0, 0.1) is 5.82 Å². The van der Waals surface area contributed by atoms with Gasteiger partial charge in [-0.2, -0.15) is 5.10 Å². The van der Waals surface area contributed by atoms with Gasteiger partial charge in [-0.1, -0.05) is 18.2 Å². The molecule has 3 rings (SSSR count). The summed E-state index contributed by atoms with van der Waals surface area (Å²) >= 11 is 1.59. The fraction of sp³-hybridized carbons (Fsp3) is 0.176. The number of carbonyl (C=O) groups excluding carboxylic acids is 1. The van der Waals surface area contributed by atoms with Crippen LogP contribution in [-0.4, -0.2) is 32.3 Å². The van der Waals surface area contributed by atoms with Gasteiger partial charge in [0.25, 0.3) is 5.91 Å². The molecule has 0 aliphatic carbocycles. The van der Waals surface area contributed by atoms with Crippen molar-refractivity contribution in [2.75, 3.05) is 12.3 Å². The van der Waals surface area contributed by atoms with Gasteiger partial charge >= 0.3 is 0 Å². The van der Waals surface area contributed by atoms with Crippen LogP contribution in [0.4, 0.5) is 4.39 Å². The third-order valence-corrected chi connectivity index (χ3v) is 6.13. The maximum atomic E-state index is 13.5. The van der Waals surface area contributed by atoms with Crippen molar-refractivity contribution < 1.29 is 17.6 Å². The molecule has 2 aromatic carbocycles.